The maximum Gasteiger partial charge on any atom is 0.190 e. The predicted octanol–water partition coefficient (Wildman–Crippen LogP) is 3.33. The molecule has 0 unspecified atom stereocenters. The minimum atomic E-state index is -0.317. The van der Waals surface area contributed by atoms with Crippen LogP contribution >= 0.6 is 0 Å². The Morgan fingerprint density at radius 1 is 1.18 bits per heavy atom. The van der Waals surface area contributed by atoms with Crippen molar-refractivity contribution in [3.8, 4) is 0 Å². The molecule has 0 N–H and O–H groups in total. The molecule has 0 spiro atoms. The van der Waals surface area contributed by atoms with Gasteiger partial charge < -0.3 is 9.80 Å². The summed E-state index contributed by atoms with van der Waals surface area (Å²) in [5.74, 6) is -0.325. The number of carbonyl (C=O) groups is 1. The quantitative estimate of drug-likeness (QED) is 0.595. The summed E-state index contributed by atoms with van der Waals surface area (Å²) in [6.45, 7) is 3.16. The van der Waals surface area contributed by atoms with Crippen LogP contribution in [0.1, 0.15) is 36.0 Å². The Kier molecular flexibility index (Phi) is 6.13. The van der Waals surface area contributed by atoms with E-state index in [1.807, 2.05) is 25.2 Å². The molecule has 1 aromatic carbocycles. The van der Waals surface area contributed by atoms with Crippen LogP contribution in [0.25, 0.3) is 0 Å². The third-order valence-corrected chi connectivity index (χ3v) is 3.96. The van der Waals surface area contributed by atoms with Gasteiger partial charge in [0.1, 0.15) is 5.82 Å². The molecule has 4 heteroatoms. The molecule has 0 aliphatic carbocycles. The van der Waals surface area contributed by atoms with Gasteiger partial charge in [-0.2, -0.15) is 0 Å². The minimum Gasteiger partial charge on any atom is -0.383 e. The lowest BCUT2D eigenvalue weighted by atomic mass is 10.0. The van der Waals surface area contributed by atoms with Crippen molar-refractivity contribution >= 4 is 5.78 Å². The molecule has 1 fully saturated rings. The molecule has 1 aliphatic heterocycles. The molecule has 0 radical (unpaired) electrons. The average Bonchev–Trinajstić information content (AvgIpc) is 2.52. The van der Waals surface area contributed by atoms with Crippen molar-refractivity contribution in [3.63, 3.8) is 0 Å². The standard InChI is InChI=1S/C18H25FN2O/c1-20(2)14-16(10-13-21-11-4-3-5-12-21)18(22)15-6-8-17(19)9-7-15/h6-9,14H,3-5,10-13H2,1-2H3. The first kappa shape index (κ1) is 16.7. The molecule has 120 valence electrons. The van der Waals surface area contributed by atoms with Crippen molar-refractivity contribution < 1.29 is 9.18 Å². The number of carbonyl (C=O) groups excluding carboxylic acids is 1. The van der Waals surface area contributed by atoms with Crippen molar-refractivity contribution in [2.45, 2.75) is 25.7 Å². The molecular weight excluding hydrogens is 279 g/mol. The van der Waals surface area contributed by atoms with E-state index >= 15 is 0 Å². The van der Waals surface area contributed by atoms with Gasteiger partial charge in [-0.05, 0) is 56.6 Å². The number of benzene rings is 1. The van der Waals surface area contributed by atoms with Gasteiger partial charge in [0.15, 0.2) is 5.78 Å². The van der Waals surface area contributed by atoms with Crippen LogP contribution in [-0.2, 0) is 0 Å². The Balaban J connectivity index is 2.05. The third-order valence-electron chi connectivity index (χ3n) is 3.96. The maximum atomic E-state index is 13.0. The van der Waals surface area contributed by atoms with Crippen LogP contribution in [0, 0.1) is 5.82 Å². The van der Waals surface area contributed by atoms with E-state index in [1.54, 1.807) is 12.1 Å². The highest BCUT2D eigenvalue weighted by Gasteiger charge is 2.16. The smallest absolute Gasteiger partial charge is 0.190 e. The molecule has 0 aromatic heterocycles. The van der Waals surface area contributed by atoms with Crippen LogP contribution in [0.4, 0.5) is 4.39 Å². The number of ketones is 1. The van der Waals surface area contributed by atoms with Gasteiger partial charge in [-0.15, -0.1) is 0 Å². The molecule has 3 nitrogen and oxygen atoms in total. The van der Waals surface area contributed by atoms with Gasteiger partial charge in [0, 0.05) is 38.0 Å². The fourth-order valence-corrected chi connectivity index (χ4v) is 2.80. The fraction of sp³-hybridized carbons (Fsp3) is 0.500. The van der Waals surface area contributed by atoms with Crippen molar-refractivity contribution in [3.05, 3.63) is 47.4 Å². The Morgan fingerprint density at radius 2 is 1.82 bits per heavy atom. The second-order valence-electron chi connectivity index (χ2n) is 6.11. The molecule has 1 heterocycles. The van der Waals surface area contributed by atoms with Gasteiger partial charge in [0.05, 0.1) is 0 Å². The van der Waals surface area contributed by atoms with Crippen LogP contribution in [0.3, 0.4) is 0 Å². The summed E-state index contributed by atoms with van der Waals surface area (Å²) in [6.07, 6.45) is 6.42. The molecule has 0 saturated carbocycles. The lowest BCUT2D eigenvalue weighted by Crippen LogP contribution is -2.31. The lowest BCUT2D eigenvalue weighted by Gasteiger charge is -2.26. The summed E-state index contributed by atoms with van der Waals surface area (Å²) in [4.78, 5) is 16.9. The van der Waals surface area contributed by atoms with Crippen LogP contribution in [-0.4, -0.2) is 49.3 Å². The fourth-order valence-electron chi connectivity index (χ4n) is 2.80. The van der Waals surface area contributed by atoms with E-state index in [1.165, 1.54) is 31.4 Å². The molecule has 1 saturated heterocycles. The van der Waals surface area contributed by atoms with Crippen LogP contribution in [0.2, 0.25) is 0 Å². The van der Waals surface area contributed by atoms with Crippen LogP contribution in [0.15, 0.2) is 36.0 Å². The molecule has 22 heavy (non-hydrogen) atoms. The summed E-state index contributed by atoms with van der Waals surface area (Å²) in [7, 11) is 3.83. The van der Waals surface area contributed by atoms with Crippen molar-refractivity contribution in [2.24, 2.45) is 0 Å². The number of piperidine rings is 1. The average molecular weight is 304 g/mol. The Hall–Kier alpha value is -1.68. The van der Waals surface area contributed by atoms with Gasteiger partial charge in [-0.3, -0.25) is 4.79 Å². The van der Waals surface area contributed by atoms with E-state index in [0.29, 0.717) is 5.56 Å². The number of halogens is 1. The van der Waals surface area contributed by atoms with Crippen molar-refractivity contribution in [2.75, 3.05) is 33.7 Å². The number of likely N-dealkylation sites (tertiary alicyclic amines) is 1. The number of rotatable bonds is 6. The van der Waals surface area contributed by atoms with Crippen molar-refractivity contribution in [1.82, 2.24) is 9.80 Å². The number of nitrogens with zero attached hydrogens (tertiary/aromatic N) is 2. The Labute approximate surface area is 132 Å². The summed E-state index contributed by atoms with van der Waals surface area (Å²) in [6, 6.07) is 5.79. The second kappa shape index (κ2) is 8.08. The zero-order valence-corrected chi connectivity index (χ0v) is 13.5. The second-order valence-corrected chi connectivity index (χ2v) is 6.11. The first-order valence-electron chi connectivity index (χ1n) is 7.96. The van der Waals surface area contributed by atoms with Crippen molar-refractivity contribution in [1.29, 1.82) is 0 Å². The highest BCUT2D eigenvalue weighted by Crippen LogP contribution is 2.16. The van der Waals surface area contributed by atoms with Gasteiger partial charge >= 0.3 is 0 Å². The monoisotopic (exact) mass is 304 g/mol. The maximum absolute atomic E-state index is 13.0. The van der Waals surface area contributed by atoms with Crippen LogP contribution in [0.5, 0.6) is 0 Å². The molecular formula is C18H25FN2O. The molecule has 2 rings (SSSR count). The topological polar surface area (TPSA) is 23.6 Å². The minimum absolute atomic E-state index is 0.00860. The summed E-state index contributed by atoms with van der Waals surface area (Å²) in [5.41, 5.74) is 1.33. The molecule has 0 bridgehead atoms. The SMILES string of the molecule is CN(C)C=C(CCN1CCCCC1)C(=O)c1ccc(F)cc1. The first-order chi connectivity index (χ1) is 10.6. The zero-order valence-electron chi connectivity index (χ0n) is 13.5. The van der Waals surface area contributed by atoms with E-state index in [0.717, 1.165) is 31.6 Å². The van der Waals surface area contributed by atoms with E-state index < -0.39 is 0 Å². The molecule has 1 aromatic rings. The molecule has 0 amide bonds. The molecule has 0 atom stereocenters. The van der Waals surface area contributed by atoms with Gasteiger partial charge in [0.2, 0.25) is 0 Å². The summed E-state index contributed by atoms with van der Waals surface area (Å²) >= 11 is 0. The summed E-state index contributed by atoms with van der Waals surface area (Å²) in [5, 5.41) is 0. The lowest BCUT2D eigenvalue weighted by molar-refractivity contribution is 0.102. The van der Waals surface area contributed by atoms with Gasteiger partial charge in [-0.1, -0.05) is 6.42 Å². The highest BCUT2D eigenvalue weighted by molar-refractivity contribution is 6.08. The predicted molar refractivity (Wildman–Crippen MR) is 87.4 cm³/mol. The van der Waals surface area contributed by atoms with E-state index in [2.05, 4.69) is 4.90 Å². The Morgan fingerprint density at radius 3 is 2.41 bits per heavy atom. The molecule has 1 aliphatic rings. The van der Waals surface area contributed by atoms with Gasteiger partial charge in [-0.25, -0.2) is 4.39 Å². The first-order valence-corrected chi connectivity index (χ1v) is 7.96. The number of Topliss-reactive ketones (excluding diaryl/α,β-unsaturated/α-hetero) is 1. The largest absolute Gasteiger partial charge is 0.383 e. The Bertz CT molecular complexity index is 516. The summed E-state index contributed by atoms with van der Waals surface area (Å²) < 4.78 is 13.0. The van der Waals surface area contributed by atoms with E-state index in [9.17, 15) is 9.18 Å². The number of hydrogen-bond acceptors (Lipinski definition) is 3. The number of hydrogen-bond donors (Lipinski definition) is 0. The van der Waals surface area contributed by atoms with E-state index in [4.69, 9.17) is 0 Å². The third kappa shape index (κ3) is 4.95. The zero-order chi connectivity index (χ0) is 15.9. The van der Waals surface area contributed by atoms with Gasteiger partial charge in [0.25, 0.3) is 0 Å². The highest BCUT2D eigenvalue weighted by atomic mass is 19.1. The normalized spacial score (nSPS) is 16.6. The van der Waals surface area contributed by atoms with E-state index in [-0.39, 0.29) is 11.6 Å². The van der Waals surface area contributed by atoms with Crippen LogP contribution < -0.4 is 0 Å².